The van der Waals surface area contributed by atoms with Gasteiger partial charge in [0.1, 0.15) is 0 Å². The van der Waals surface area contributed by atoms with Gasteiger partial charge in [-0.3, -0.25) is 0 Å². The smallest absolute Gasteiger partial charge is 0.0177 e. The highest BCUT2D eigenvalue weighted by Crippen LogP contribution is 2.20. The van der Waals surface area contributed by atoms with Crippen molar-refractivity contribution in [2.75, 3.05) is 0 Å². The van der Waals surface area contributed by atoms with Crippen molar-refractivity contribution in [2.45, 2.75) is 37.9 Å². The van der Waals surface area contributed by atoms with Crippen LogP contribution in [0.4, 0.5) is 0 Å². The van der Waals surface area contributed by atoms with Crippen LogP contribution < -0.4 is 0 Å². The molecule has 0 radical (unpaired) electrons. The molecule has 0 bridgehead atoms. The Balaban J connectivity index is 2.36. The van der Waals surface area contributed by atoms with Crippen molar-refractivity contribution in [3.05, 3.63) is 34.3 Å². The first-order valence-electron chi connectivity index (χ1n) is 5.46. The Morgan fingerprint density at radius 1 is 1.27 bits per heavy atom. The second kappa shape index (κ2) is 6.70. The van der Waals surface area contributed by atoms with Crippen LogP contribution in [0, 0.1) is 5.92 Å². The van der Waals surface area contributed by atoms with E-state index in [4.69, 9.17) is 0 Å². The predicted molar refractivity (Wildman–Crippen MR) is 74.6 cm³/mol. The van der Waals surface area contributed by atoms with Crippen LogP contribution in [0.3, 0.4) is 0 Å². The Labute approximate surface area is 110 Å². The summed E-state index contributed by atoms with van der Waals surface area (Å²) in [4.78, 5) is 0.650. The van der Waals surface area contributed by atoms with Crippen molar-refractivity contribution in [3.8, 4) is 0 Å². The van der Waals surface area contributed by atoms with E-state index in [1.54, 1.807) is 0 Å². The zero-order chi connectivity index (χ0) is 11.3. The highest BCUT2D eigenvalue weighted by molar-refractivity contribution is 9.10. The summed E-state index contributed by atoms with van der Waals surface area (Å²) in [6.45, 7) is 4.54. The second-order valence-electron chi connectivity index (χ2n) is 4.40. The number of aryl methyl sites for hydroxylation is 1. The first-order valence-corrected chi connectivity index (χ1v) is 7.17. The molecule has 1 aromatic carbocycles. The van der Waals surface area contributed by atoms with Gasteiger partial charge in [-0.15, -0.1) is 0 Å². The lowest BCUT2D eigenvalue weighted by molar-refractivity contribution is 0.554. The van der Waals surface area contributed by atoms with Gasteiger partial charge in [-0.05, 0) is 42.9 Å². The molecule has 0 saturated carbocycles. The fourth-order valence-corrected chi connectivity index (χ4v) is 3.07. The van der Waals surface area contributed by atoms with Crippen molar-refractivity contribution < 1.29 is 0 Å². The Bertz CT molecular complexity index is 294. The van der Waals surface area contributed by atoms with Gasteiger partial charge in [-0.2, -0.15) is 0 Å². The predicted octanol–water partition coefficient (Wildman–Crippen LogP) is 5.19. The molecule has 0 amide bonds. The number of benzene rings is 1. The summed E-state index contributed by atoms with van der Waals surface area (Å²) in [6.07, 6.45) is 3.63. The largest absolute Gasteiger partial charge is 0.0890 e. The van der Waals surface area contributed by atoms with Crippen molar-refractivity contribution in [2.24, 2.45) is 5.92 Å². The van der Waals surface area contributed by atoms with Crippen molar-refractivity contribution in [3.63, 3.8) is 0 Å². The Hall–Kier alpha value is 0.180. The van der Waals surface area contributed by atoms with E-state index in [2.05, 4.69) is 70.0 Å². The van der Waals surface area contributed by atoms with Gasteiger partial charge in [0.05, 0.1) is 0 Å². The summed E-state index contributed by atoms with van der Waals surface area (Å²) in [5.41, 5.74) is 1.41. The molecule has 84 valence electrons. The molecule has 1 aromatic rings. The van der Waals surface area contributed by atoms with E-state index in [1.807, 2.05) is 0 Å². The van der Waals surface area contributed by atoms with Gasteiger partial charge in [0.25, 0.3) is 0 Å². The van der Waals surface area contributed by atoms with Crippen LogP contribution in [-0.2, 0) is 6.42 Å². The molecule has 15 heavy (non-hydrogen) atoms. The normalized spacial score (nSPS) is 13.1. The Kier molecular flexibility index (Phi) is 5.91. The molecular weight excluding hydrogens is 316 g/mol. The second-order valence-corrected chi connectivity index (χ2v) is 6.61. The quantitative estimate of drug-likeness (QED) is 0.650. The van der Waals surface area contributed by atoms with Gasteiger partial charge in [-0.1, -0.05) is 57.8 Å². The molecule has 0 N–H and O–H groups in total. The van der Waals surface area contributed by atoms with Crippen LogP contribution in [0.25, 0.3) is 0 Å². The fraction of sp³-hybridized carbons (Fsp3) is 0.538. The minimum absolute atomic E-state index is 0.650. The molecule has 2 heteroatoms. The molecule has 0 spiro atoms. The molecule has 1 unspecified atom stereocenters. The van der Waals surface area contributed by atoms with Crippen molar-refractivity contribution in [1.29, 1.82) is 0 Å². The van der Waals surface area contributed by atoms with E-state index >= 15 is 0 Å². The molecule has 1 atom stereocenters. The zero-order valence-electron chi connectivity index (χ0n) is 9.34. The summed E-state index contributed by atoms with van der Waals surface area (Å²) < 4.78 is 1.18. The third-order valence-corrected chi connectivity index (χ3v) is 3.69. The molecule has 0 aliphatic rings. The summed E-state index contributed by atoms with van der Waals surface area (Å²) >= 11 is 7.24. The third-order valence-electron chi connectivity index (χ3n) is 2.36. The summed E-state index contributed by atoms with van der Waals surface area (Å²) in [6, 6.07) is 8.57. The minimum atomic E-state index is 0.650. The van der Waals surface area contributed by atoms with Crippen LogP contribution in [-0.4, -0.2) is 4.83 Å². The van der Waals surface area contributed by atoms with Gasteiger partial charge in [0.2, 0.25) is 0 Å². The molecule has 0 nitrogen and oxygen atoms in total. The first kappa shape index (κ1) is 13.2. The van der Waals surface area contributed by atoms with E-state index < -0.39 is 0 Å². The average Bonchev–Trinajstić information content (AvgIpc) is 2.14. The maximum Gasteiger partial charge on any atom is 0.0177 e. The van der Waals surface area contributed by atoms with Crippen molar-refractivity contribution >= 4 is 31.9 Å². The van der Waals surface area contributed by atoms with Crippen LogP contribution >= 0.6 is 31.9 Å². The lowest BCUT2D eigenvalue weighted by Crippen LogP contribution is -2.04. The van der Waals surface area contributed by atoms with Crippen LogP contribution in [0.1, 0.15) is 32.3 Å². The molecule has 0 heterocycles. The monoisotopic (exact) mass is 332 g/mol. The highest BCUT2D eigenvalue weighted by Gasteiger charge is 2.06. The summed E-state index contributed by atoms with van der Waals surface area (Å²) in [5, 5.41) is 0. The van der Waals surface area contributed by atoms with Crippen LogP contribution in [0.5, 0.6) is 0 Å². The molecule has 0 fully saturated rings. The number of hydrogen-bond donors (Lipinski definition) is 0. The Morgan fingerprint density at radius 2 is 2.00 bits per heavy atom. The summed E-state index contributed by atoms with van der Waals surface area (Å²) in [7, 11) is 0. The molecule has 1 rings (SSSR count). The van der Waals surface area contributed by atoms with E-state index in [0.717, 1.165) is 12.3 Å². The lowest BCUT2D eigenvalue weighted by Gasteiger charge is -2.12. The van der Waals surface area contributed by atoms with Crippen molar-refractivity contribution in [1.82, 2.24) is 0 Å². The maximum atomic E-state index is 3.74. The van der Waals surface area contributed by atoms with Crippen LogP contribution in [0.15, 0.2) is 28.7 Å². The molecular formula is C13H18Br2. The lowest BCUT2D eigenvalue weighted by atomic mass is 10.0. The van der Waals surface area contributed by atoms with Gasteiger partial charge < -0.3 is 0 Å². The van der Waals surface area contributed by atoms with Gasteiger partial charge in [0.15, 0.2) is 0 Å². The SMILES string of the molecule is CC(C)CC(Br)CCc1cccc(Br)c1. The fourth-order valence-electron chi connectivity index (χ4n) is 1.65. The van der Waals surface area contributed by atoms with Gasteiger partial charge in [0, 0.05) is 9.30 Å². The van der Waals surface area contributed by atoms with E-state index in [-0.39, 0.29) is 0 Å². The first-order chi connectivity index (χ1) is 7.08. The van der Waals surface area contributed by atoms with Crippen LogP contribution in [0.2, 0.25) is 0 Å². The van der Waals surface area contributed by atoms with Gasteiger partial charge in [-0.25, -0.2) is 0 Å². The minimum Gasteiger partial charge on any atom is -0.0890 e. The number of halogens is 2. The number of rotatable bonds is 5. The molecule has 0 aromatic heterocycles. The molecule has 0 aliphatic carbocycles. The number of hydrogen-bond acceptors (Lipinski definition) is 0. The van der Waals surface area contributed by atoms with E-state index in [1.165, 1.54) is 22.9 Å². The maximum absolute atomic E-state index is 3.74. The van der Waals surface area contributed by atoms with E-state index in [0.29, 0.717) is 4.83 Å². The summed E-state index contributed by atoms with van der Waals surface area (Å²) in [5.74, 6) is 0.775. The topological polar surface area (TPSA) is 0 Å². The van der Waals surface area contributed by atoms with E-state index in [9.17, 15) is 0 Å². The number of alkyl halides is 1. The molecule has 0 aliphatic heterocycles. The highest BCUT2D eigenvalue weighted by atomic mass is 79.9. The Morgan fingerprint density at radius 3 is 2.60 bits per heavy atom. The third kappa shape index (κ3) is 5.72. The standard InChI is InChI=1S/C13H18Br2/c1-10(2)8-13(15)7-6-11-4-3-5-12(14)9-11/h3-5,9-10,13H,6-8H2,1-2H3. The van der Waals surface area contributed by atoms with Gasteiger partial charge >= 0.3 is 0 Å². The zero-order valence-corrected chi connectivity index (χ0v) is 12.5. The average molecular weight is 334 g/mol. The molecule has 0 saturated heterocycles.